The summed E-state index contributed by atoms with van der Waals surface area (Å²) in [6.45, 7) is 7.37. The standard InChI is InChI=1S/C14H29N3O3S/c1-13(14-3-4-14)17(9-11-20-2)21(18,19)12-10-16-7-5-15-6-8-16/h13-15H,3-12H2,1-2H3. The van der Waals surface area contributed by atoms with Gasteiger partial charge in [0.05, 0.1) is 12.4 Å². The average Bonchev–Trinajstić information content (AvgIpc) is 3.31. The minimum Gasteiger partial charge on any atom is -0.383 e. The molecule has 0 amide bonds. The first-order chi connectivity index (χ1) is 10.0. The monoisotopic (exact) mass is 319 g/mol. The van der Waals surface area contributed by atoms with Gasteiger partial charge in [0.1, 0.15) is 0 Å². The highest BCUT2D eigenvalue weighted by Gasteiger charge is 2.37. The van der Waals surface area contributed by atoms with Gasteiger partial charge in [-0.15, -0.1) is 0 Å². The molecule has 1 aliphatic heterocycles. The van der Waals surface area contributed by atoms with Crippen LogP contribution in [0, 0.1) is 5.92 Å². The van der Waals surface area contributed by atoms with E-state index >= 15 is 0 Å². The van der Waals surface area contributed by atoms with Gasteiger partial charge in [-0.3, -0.25) is 4.90 Å². The Hall–Kier alpha value is -0.210. The van der Waals surface area contributed by atoms with E-state index in [2.05, 4.69) is 10.2 Å². The molecular formula is C14H29N3O3S. The van der Waals surface area contributed by atoms with E-state index in [1.54, 1.807) is 11.4 Å². The first-order valence-corrected chi connectivity index (χ1v) is 9.57. The molecule has 7 heteroatoms. The van der Waals surface area contributed by atoms with E-state index in [9.17, 15) is 8.42 Å². The summed E-state index contributed by atoms with van der Waals surface area (Å²) in [4.78, 5) is 2.23. The summed E-state index contributed by atoms with van der Waals surface area (Å²) in [6.07, 6.45) is 2.30. The van der Waals surface area contributed by atoms with Crippen LogP contribution in [-0.4, -0.2) is 82.4 Å². The second-order valence-corrected chi connectivity index (χ2v) is 8.13. The van der Waals surface area contributed by atoms with Crippen LogP contribution in [0.25, 0.3) is 0 Å². The quantitative estimate of drug-likeness (QED) is 0.647. The molecule has 1 saturated carbocycles. The molecular weight excluding hydrogens is 290 g/mol. The van der Waals surface area contributed by atoms with Crippen molar-refractivity contribution in [1.29, 1.82) is 0 Å². The topological polar surface area (TPSA) is 61.9 Å². The molecule has 0 bridgehead atoms. The Labute approximate surface area is 128 Å². The number of ether oxygens (including phenoxy) is 1. The number of hydrogen-bond acceptors (Lipinski definition) is 5. The van der Waals surface area contributed by atoms with Crippen molar-refractivity contribution in [2.45, 2.75) is 25.8 Å². The van der Waals surface area contributed by atoms with Crippen molar-refractivity contribution in [3.8, 4) is 0 Å². The van der Waals surface area contributed by atoms with Gasteiger partial charge in [-0.05, 0) is 25.7 Å². The number of hydrogen-bond donors (Lipinski definition) is 1. The van der Waals surface area contributed by atoms with Gasteiger partial charge in [-0.25, -0.2) is 8.42 Å². The fourth-order valence-electron chi connectivity index (χ4n) is 2.89. The first kappa shape index (κ1) is 17.1. The van der Waals surface area contributed by atoms with E-state index in [4.69, 9.17) is 4.74 Å². The summed E-state index contributed by atoms with van der Waals surface area (Å²) >= 11 is 0. The van der Waals surface area contributed by atoms with Crippen molar-refractivity contribution < 1.29 is 13.2 Å². The van der Waals surface area contributed by atoms with Gasteiger partial charge in [0.15, 0.2) is 0 Å². The first-order valence-electron chi connectivity index (χ1n) is 7.96. The van der Waals surface area contributed by atoms with Crippen molar-refractivity contribution in [2.75, 3.05) is 58.7 Å². The highest BCUT2D eigenvalue weighted by molar-refractivity contribution is 7.89. The van der Waals surface area contributed by atoms with Gasteiger partial charge in [0.2, 0.25) is 10.0 Å². The number of nitrogens with zero attached hydrogens (tertiary/aromatic N) is 2. The molecule has 124 valence electrons. The second-order valence-electron chi connectivity index (χ2n) is 6.09. The Balaban J connectivity index is 1.91. The van der Waals surface area contributed by atoms with Crippen LogP contribution in [0.15, 0.2) is 0 Å². The molecule has 1 N–H and O–H groups in total. The maximum absolute atomic E-state index is 12.7. The van der Waals surface area contributed by atoms with Gasteiger partial charge in [-0.1, -0.05) is 0 Å². The largest absolute Gasteiger partial charge is 0.383 e. The lowest BCUT2D eigenvalue weighted by atomic mass is 10.2. The van der Waals surface area contributed by atoms with Gasteiger partial charge < -0.3 is 10.1 Å². The highest BCUT2D eigenvalue weighted by atomic mass is 32.2. The molecule has 6 nitrogen and oxygen atoms in total. The van der Waals surface area contributed by atoms with E-state index in [0.29, 0.717) is 25.6 Å². The maximum atomic E-state index is 12.7. The number of methoxy groups -OCH3 is 1. The van der Waals surface area contributed by atoms with Gasteiger partial charge in [-0.2, -0.15) is 4.31 Å². The molecule has 2 fully saturated rings. The van der Waals surface area contributed by atoms with Crippen LogP contribution in [0.1, 0.15) is 19.8 Å². The molecule has 1 saturated heterocycles. The van der Waals surface area contributed by atoms with Crippen LogP contribution in [0.3, 0.4) is 0 Å². The molecule has 0 aromatic carbocycles. The Morgan fingerprint density at radius 3 is 2.57 bits per heavy atom. The average molecular weight is 319 g/mol. The van der Waals surface area contributed by atoms with E-state index in [1.807, 2.05) is 6.92 Å². The van der Waals surface area contributed by atoms with Crippen LogP contribution in [-0.2, 0) is 14.8 Å². The highest BCUT2D eigenvalue weighted by Crippen LogP contribution is 2.36. The van der Waals surface area contributed by atoms with Gasteiger partial charge in [0.25, 0.3) is 0 Å². The summed E-state index contributed by atoms with van der Waals surface area (Å²) < 4.78 is 32.1. The lowest BCUT2D eigenvalue weighted by Crippen LogP contribution is -2.48. The summed E-state index contributed by atoms with van der Waals surface area (Å²) in [5, 5.41) is 3.29. The Kier molecular flexibility index (Phi) is 6.43. The van der Waals surface area contributed by atoms with Crippen molar-refractivity contribution in [2.24, 2.45) is 5.92 Å². The molecule has 0 spiro atoms. The lowest BCUT2D eigenvalue weighted by Gasteiger charge is -2.31. The van der Waals surface area contributed by atoms with Crippen LogP contribution in [0.2, 0.25) is 0 Å². The van der Waals surface area contributed by atoms with Crippen molar-refractivity contribution in [1.82, 2.24) is 14.5 Å². The van der Waals surface area contributed by atoms with Crippen molar-refractivity contribution in [3.05, 3.63) is 0 Å². The molecule has 1 aliphatic carbocycles. The van der Waals surface area contributed by atoms with Crippen LogP contribution >= 0.6 is 0 Å². The van der Waals surface area contributed by atoms with Crippen molar-refractivity contribution >= 4 is 10.0 Å². The fraction of sp³-hybridized carbons (Fsp3) is 1.00. The predicted molar refractivity (Wildman–Crippen MR) is 83.9 cm³/mol. The van der Waals surface area contributed by atoms with Gasteiger partial charge >= 0.3 is 0 Å². The van der Waals surface area contributed by atoms with Crippen molar-refractivity contribution in [3.63, 3.8) is 0 Å². The third kappa shape index (κ3) is 5.17. The normalized spacial score (nSPS) is 22.6. The van der Waals surface area contributed by atoms with Crippen LogP contribution < -0.4 is 5.32 Å². The molecule has 1 unspecified atom stereocenters. The molecule has 1 heterocycles. The Morgan fingerprint density at radius 2 is 2.00 bits per heavy atom. The zero-order chi connectivity index (χ0) is 15.3. The summed E-state index contributed by atoms with van der Waals surface area (Å²) in [6, 6.07) is 0.105. The Morgan fingerprint density at radius 1 is 1.33 bits per heavy atom. The minimum atomic E-state index is -3.21. The number of sulfonamides is 1. The number of piperazine rings is 1. The summed E-state index contributed by atoms with van der Waals surface area (Å²) in [5.41, 5.74) is 0. The Bertz CT molecular complexity index is 406. The van der Waals surface area contributed by atoms with E-state index in [0.717, 1.165) is 39.0 Å². The molecule has 0 aromatic rings. The summed E-state index contributed by atoms with van der Waals surface area (Å²) in [7, 11) is -1.59. The van der Waals surface area contributed by atoms with Gasteiger partial charge in [0, 0.05) is 52.4 Å². The maximum Gasteiger partial charge on any atom is 0.215 e. The zero-order valence-corrected chi connectivity index (χ0v) is 14.1. The molecule has 0 aromatic heterocycles. The molecule has 0 radical (unpaired) electrons. The molecule has 1 atom stereocenters. The zero-order valence-electron chi connectivity index (χ0n) is 13.3. The van der Waals surface area contributed by atoms with Crippen LogP contribution in [0.4, 0.5) is 0 Å². The minimum absolute atomic E-state index is 0.105. The summed E-state index contributed by atoms with van der Waals surface area (Å²) in [5.74, 6) is 0.754. The third-order valence-electron chi connectivity index (χ3n) is 4.51. The second kappa shape index (κ2) is 7.87. The van der Waals surface area contributed by atoms with Crippen LogP contribution in [0.5, 0.6) is 0 Å². The van der Waals surface area contributed by atoms with E-state index < -0.39 is 10.0 Å². The smallest absolute Gasteiger partial charge is 0.215 e. The lowest BCUT2D eigenvalue weighted by molar-refractivity contribution is 0.164. The van der Waals surface area contributed by atoms with E-state index in [-0.39, 0.29) is 11.8 Å². The number of rotatable bonds is 9. The van der Waals surface area contributed by atoms with E-state index in [1.165, 1.54) is 0 Å². The molecule has 2 rings (SSSR count). The predicted octanol–water partition coefficient (Wildman–Crippen LogP) is -0.0317. The third-order valence-corrected chi connectivity index (χ3v) is 6.43. The SMILES string of the molecule is COCCN(C(C)C1CC1)S(=O)(=O)CCN1CCNCC1. The molecule has 2 aliphatic rings. The fourth-order valence-corrected chi connectivity index (χ4v) is 4.64. The number of nitrogens with one attached hydrogen (secondary N) is 1. The molecule has 21 heavy (non-hydrogen) atoms.